The summed E-state index contributed by atoms with van der Waals surface area (Å²) in [6.45, 7) is 1.52. The molecule has 0 fully saturated rings. The topological polar surface area (TPSA) is 95.6 Å². The quantitative estimate of drug-likeness (QED) is 0.543. The van der Waals surface area contributed by atoms with Gasteiger partial charge in [-0.1, -0.05) is 35.9 Å². The normalized spacial score (nSPS) is 12.8. The Morgan fingerprint density at radius 1 is 0.938 bits per heavy atom. The van der Waals surface area contributed by atoms with Gasteiger partial charge in [0.15, 0.2) is 0 Å². The Kier molecular flexibility index (Phi) is 5.92. The molecule has 32 heavy (non-hydrogen) atoms. The van der Waals surface area contributed by atoms with Crippen molar-refractivity contribution >= 4 is 57.4 Å². The Hall–Kier alpha value is -3.71. The van der Waals surface area contributed by atoms with Crippen LogP contribution in [0.25, 0.3) is 10.8 Å². The molecule has 1 heterocycles. The highest BCUT2D eigenvalue weighted by Crippen LogP contribution is 2.30. The summed E-state index contributed by atoms with van der Waals surface area (Å²) in [7, 11) is 0. The Balaban J connectivity index is 1.39. The minimum atomic E-state index is -0.351. The lowest BCUT2D eigenvalue weighted by Crippen LogP contribution is -2.41. The first-order valence-electron chi connectivity index (χ1n) is 10.1. The summed E-state index contributed by atoms with van der Waals surface area (Å²) < 4.78 is 0. The van der Waals surface area contributed by atoms with Gasteiger partial charge >= 0.3 is 0 Å². The van der Waals surface area contributed by atoms with Gasteiger partial charge in [-0.3, -0.25) is 24.1 Å². The van der Waals surface area contributed by atoms with E-state index >= 15 is 0 Å². The molecular weight excluding hydrogens is 430 g/mol. The Morgan fingerprint density at radius 2 is 1.59 bits per heavy atom. The van der Waals surface area contributed by atoms with Crippen LogP contribution in [0.4, 0.5) is 11.4 Å². The maximum Gasteiger partial charge on any atom is 0.261 e. The average molecular weight is 450 g/mol. The predicted octanol–water partition coefficient (Wildman–Crippen LogP) is 4.47. The first-order valence-corrected chi connectivity index (χ1v) is 10.5. The summed E-state index contributed by atoms with van der Waals surface area (Å²) in [4.78, 5) is 50.5. The number of rotatable bonds is 6. The highest BCUT2D eigenvalue weighted by Gasteiger charge is 2.32. The second kappa shape index (κ2) is 8.80. The van der Waals surface area contributed by atoms with Gasteiger partial charge in [0, 0.05) is 42.1 Å². The Morgan fingerprint density at radius 3 is 2.19 bits per heavy atom. The lowest BCUT2D eigenvalue weighted by molar-refractivity contribution is -0.116. The highest BCUT2D eigenvalue weighted by molar-refractivity contribution is 6.34. The predicted molar refractivity (Wildman–Crippen MR) is 123 cm³/mol. The van der Waals surface area contributed by atoms with Crippen LogP contribution in [0.15, 0.2) is 54.6 Å². The minimum Gasteiger partial charge on any atom is -0.326 e. The smallest absolute Gasteiger partial charge is 0.261 e. The molecule has 0 unspecified atom stereocenters. The zero-order chi connectivity index (χ0) is 22.8. The first kappa shape index (κ1) is 21.5. The van der Waals surface area contributed by atoms with Gasteiger partial charge in [-0.15, -0.1) is 0 Å². The number of nitrogens with one attached hydrogen (secondary N) is 2. The van der Waals surface area contributed by atoms with E-state index in [1.54, 1.807) is 42.5 Å². The molecule has 0 radical (unpaired) electrons. The zero-order valence-electron chi connectivity index (χ0n) is 17.3. The molecule has 162 valence electrons. The molecule has 4 rings (SSSR count). The third kappa shape index (κ3) is 4.20. The molecule has 0 spiro atoms. The van der Waals surface area contributed by atoms with E-state index in [1.165, 1.54) is 11.8 Å². The van der Waals surface area contributed by atoms with Gasteiger partial charge in [0.05, 0.1) is 10.7 Å². The van der Waals surface area contributed by atoms with Crippen molar-refractivity contribution in [3.63, 3.8) is 0 Å². The van der Waals surface area contributed by atoms with Crippen LogP contribution in [0.1, 0.15) is 40.5 Å². The van der Waals surface area contributed by atoms with Crippen LogP contribution in [-0.4, -0.2) is 35.1 Å². The van der Waals surface area contributed by atoms with Crippen molar-refractivity contribution in [1.29, 1.82) is 0 Å². The monoisotopic (exact) mass is 449 g/mol. The summed E-state index contributed by atoms with van der Waals surface area (Å²) in [5.41, 5.74) is 1.93. The molecule has 7 nitrogen and oxygen atoms in total. The van der Waals surface area contributed by atoms with E-state index in [0.717, 1.165) is 5.39 Å². The van der Waals surface area contributed by atoms with E-state index in [2.05, 4.69) is 10.6 Å². The molecule has 0 atom stereocenters. The fourth-order valence-electron chi connectivity index (χ4n) is 3.79. The summed E-state index contributed by atoms with van der Waals surface area (Å²) in [5.74, 6) is -1.22. The number of carbonyl (C=O) groups excluding carboxylic acids is 4. The standard InChI is InChI=1S/C24H20ClN3O4/c1-14(29)26-16-10-11-20(19(25)13-16)27-21(30)9-4-12-28-23(31)17-7-2-5-15-6-3-8-18(22(15)17)24(28)32/h2-3,5-8,10-11,13H,4,9,12H2,1H3,(H,26,29)(H,27,30). The molecule has 0 saturated carbocycles. The number of amides is 4. The third-order valence-corrected chi connectivity index (χ3v) is 5.52. The van der Waals surface area contributed by atoms with Gasteiger partial charge in [-0.25, -0.2) is 0 Å². The van der Waals surface area contributed by atoms with Gasteiger partial charge in [-0.05, 0) is 42.1 Å². The van der Waals surface area contributed by atoms with E-state index in [4.69, 9.17) is 11.6 Å². The summed E-state index contributed by atoms with van der Waals surface area (Å²) in [6.07, 6.45) is 0.412. The van der Waals surface area contributed by atoms with Crippen LogP contribution in [0.2, 0.25) is 5.02 Å². The van der Waals surface area contributed by atoms with Crippen molar-refractivity contribution < 1.29 is 19.2 Å². The Labute approximate surface area is 189 Å². The van der Waals surface area contributed by atoms with Crippen molar-refractivity contribution in [2.24, 2.45) is 0 Å². The summed E-state index contributed by atoms with van der Waals surface area (Å²) >= 11 is 6.17. The number of imide groups is 1. The van der Waals surface area contributed by atoms with E-state index in [-0.39, 0.29) is 41.6 Å². The van der Waals surface area contributed by atoms with Gasteiger partial charge < -0.3 is 10.6 Å². The number of benzene rings is 3. The van der Waals surface area contributed by atoms with Crippen LogP contribution in [-0.2, 0) is 9.59 Å². The molecule has 1 aliphatic rings. The van der Waals surface area contributed by atoms with Gasteiger partial charge in [0.25, 0.3) is 11.8 Å². The van der Waals surface area contributed by atoms with Gasteiger partial charge in [0.2, 0.25) is 11.8 Å². The summed E-state index contributed by atoms with van der Waals surface area (Å²) in [6, 6.07) is 15.5. The maximum absolute atomic E-state index is 12.9. The number of hydrogen-bond acceptors (Lipinski definition) is 4. The first-order chi connectivity index (χ1) is 15.3. The van der Waals surface area contributed by atoms with E-state index in [1.807, 2.05) is 12.1 Å². The second-order valence-electron chi connectivity index (χ2n) is 7.50. The van der Waals surface area contributed by atoms with Crippen molar-refractivity contribution in [3.05, 3.63) is 70.7 Å². The fraction of sp³-hybridized carbons (Fsp3) is 0.167. The van der Waals surface area contributed by atoms with Gasteiger partial charge in [-0.2, -0.15) is 0 Å². The zero-order valence-corrected chi connectivity index (χ0v) is 18.0. The van der Waals surface area contributed by atoms with E-state index in [0.29, 0.717) is 34.3 Å². The van der Waals surface area contributed by atoms with E-state index < -0.39 is 0 Å². The SMILES string of the molecule is CC(=O)Nc1ccc(NC(=O)CCCN2C(=O)c3cccc4cccc(c34)C2=O)c(Cl)c1. The number of halogens is 1. The number of anilines is 2. The molecule has 0 bridgehead atoms. The van der Waals surface area contributed by atoms with Crippen molar-refractivity contribution in [1.82, 2.24) is 4.90 Å². The second-order valence-corrected chi connectivity index (χ2v) is 7.91. The Bertz CT molecular complexity index is 1220. The molecule has 2 N–H and O–H groups in total. The molecule has 3 aromatic rings. The summed E-state index contributed by atoms with van der Waals surface area (Å²) in [5, 5.41) is 7.14. The van der Waals surface area contributed by atoms with Crippen molar-refractivity contribution in [2.75, 3.05) is 17.2 Å². The molecule has 0 saturated heterocycles. The maximum atomic E-state index is 12.9. The highest BCUT2D eigenvalue weighted by atomic mass is 35.5. The van der Waals surface area contributed by atoms with Crippen molar-refractivity contribution in [2.45, 2.75) is 19.8 Å². The van der Waals surface area contributed by atoms with Crippen LogP contribution < -0.4 is 10.6 Å². The molecular formula is C24H20ClN3O4. The largest absolute Gasteiger partial charge is 0.326 e. The molecule has 0 aromatic heterocycles. The van der Waals surface area contributed by atoms with Crippen LogP contribution in [0.5, 0.6) is 0 Å². The molecule has 4 amide bonds. The van der Waals surface area contributed by atoms with Crippen LogP contribution in [0.3, 0.4) is 0 Å². The lowest BCUT2D eigenvalue weighted by atomic mass is 9.94. The third-order valence-electron chi connectivity index (χ3n) is 5.20. The molecule has 1 aliphatic heterocycles. The molecule has 0 aliphatic carbocycles. The lowest BCUT2D eigenvalue weighted by Gasteiger charge is -2.27. The average Bonchev–Trinajstić information content (AvgIpc) is 2.76. The number of hydrogen-bond donors (Lipinski definition) is 2. The fourth-order valence-corrected chi connectivity index (χ4v) is 4.02. The number of nitrogens with zero attached hydrogens (tertiary/aromatic N) is 1. The van der Waals surface area contributed by atoms with E-state index in [9.17, 15) is 19.2 Å². The molecule has 3 aromatic carbocycles. The minimum absolute atomic E-state index is 0.104. The molecule has 8 heteroatoms. The van der Waals surface area contributed by atoms with Crippen molar-refractivity contribution in [3.8, 4) is 0 Å². The van der Waals surface area contributed by atoms with Crippen LogP contribution in [0, 0.1) is 0 Å². The number of carbonyl (C=O) groups is 4. The van der Waals surface area contributed by atoms with Crippen LogP contribution >= 0.6 is 11.6 Å². The van der Waals surface area contributed by atoms with Gasteiger partial charge in [0.1, 0.15) is 0 Å².